The van der Waals surface area contributed by atoms with Gasteiger partial charge in [0.05, 0.1) is 18.6 Å². The van der Waals surface area contributed by atoms with Crippen molar-refractivity contribution in [3.8, 4) is 23.7 Å². The maximum atomic E-state index is 5.63. The molecule has 0 spiro atoms. The van der Waals surface area contributed by atoms with E-state index in [-0.39, 0.29) is 0 Å². The van der Waals surface area contributed by atoms with E-state index >= 15 is 0 Å². The number of unbranched alkanes of at least 4 members (excludes halogenated alkanes) is 5. The Hall–Kier alpha value is -0.920. The first-order valence-corrected chi connectivity index (χ1v) is 7.95. The van der Waals surface area contributed by atoms with E-state index in [9.17, 15) is 0 Å². The van der Waals surface area contributed by atoms with E-state index in [0.29, 0.717) is 18.6 Å². The summed E-state index contributed by atoms with van der Waals surface area (Å²) in [6.07, 6.45) is 12.9. The molecule has 0 aromatic carbocycles. The van der Waals surface area contributed by atoms with Crippen LogP contribution in [0.15, 0.2) is 0 Å². The Morgan fingerprint density at radius 1 is 0.789 bits per heavy atom. The summed E-state index contributed by atoms with van der Waals surface area (Å²) >= 11 is 0. The van der Waals surface area contributed by atoms with Crippen LogP contribution in [0.4, 0.5) is 0 Å². The van der Waals surface area contributed by atoms with Gasteiger partial charge in [0.15, 0.2) is 0 Å². The van der Waals surface area contributed by atoms with Gasteiger partial charge in [0.1, 0.15) is 0 Å². The third kappa shape index (κ3) is 8.74. The minimum absolute atomic E-state index is 0.419. The van der Waals surface area contributed by atoms with Crippen LogP contribution in [0.25, 0.3) is 0 Å². The molecule has 2 atom stereocenters. The summed E-state index contributed by atoms with van der Waals surface area (Å²) in [4.78, 5) is 0. The van der Waals surface area contributed by atoms with Gasteiger partial charge in [0.25, 0.3) is 0 Å². The van der Waals surface area contributed by atoms with Gasteiger partial charge < -0.3 is 4.74 Å². The molecule has 0 N–H and O–H groups in total. The summed E-state index contributed by atoms with van der Waals surface area (Å²) in [7, 11) is 0. The molecule has 1 fully saturated rings. The van der Waals surface area contributed by atoms with Gasteiger partial charge in [0, 0.05) is 12.8 Å². The quantitative estimate of drug-likeness (QED) is 0.350. The highest BCUT2D eigenvalue weighted by molar-refractivity contribution is 5.12. The van der Waals surface area contributed by atoms with Crippen molar-refractivity contribution in [1.29, 1.82) is 0 Å². The van der Waals surface area contributed by atoms with Crippen LogP contribution in [-0.2, 0) is 4.74 Å². The minimum Gasteiger partial charge on any atom is -0.369 e. The van der Waals surface area contributed by atoms with Crippen LogP contribution in [0, 0.1) is 23.7 Å². The molecule has 0 saturated carbocycles. The predicted octanol–water partition coefficient (Wildman–Crippen LogP) is 4.70. The highest BCUT2D eigenvalue weighted by atomic mass is 16.6. The Balaban J connectivity index is 1.91. The lowest BCUT2D eigenvalue weighted by atomic mass is 10.1. The van der Waals surface area contributed by atoms with Gasteiger partial charge in [-0.05, 0) is 6.42 Å². The molecule has 1 rings (SSSR count). The van der Waals surface area contributed by atoms with E-state index in [1.807, 2.05) is 0 Å². The molecule has 0 bridgehead atoms. The lowest BCUT2D eigenvalue weighted by Gasteiger charge is -1.98. The Kier molecular flexibility index (Phi) is 9.30. The molecule has 106 valence electrons. The third-order valence-corrected chi connectivity index (χ3v) is 3.44. The molecular formula is C18H28O. The van der Waals surface area contributed by atoms with Gasteiger partial charge in [-0.3, -0.25) is 0 Å². The molecule has 19 heavy (non-hydrogen) atoms. The van der Waals surface area contributed by atoms with Gasteiger partial charge in [-0.25, -0.2) is 0 Å². The van der Waals surface area contributed by atoms with Crippen molar-refractivity contribution < 1.29 is 4.74 Å². The average Bonchev–Trinajstić information content (AvgIpc) is 3.16. The molecule has 1 heteroatoms. The summed E-state index contributed by atoms with van der Waals surface area (Å²) in [5, 5.41) is 0. The first kappa shape index (κ1) is 16.1. The summed E-state index contributed by atoms with van der Waals surface area (Å²) in [5.41, 5.74) is 0. The standard InChI is InChI=1S/C18H28O/c1-3-5-7-9-11-13-15-17-18(19-17)16-14-12-10-8-6-4-2/h17-18H,3-5,7,9-11,13,15-16H2,1-2H3/t17-,18-/m1/s1. The van der Waals surface area contributed by atoms with E-state index in [1.54, 1.807) is 0 Å². The molecular weight excluding hydrogens is 232 g/mol. The summed E-state index contributed by atoms with van der Waals surface area (Å²) in [6.45, 7) is 4.32. The van der Waals surface area contributed by atoms with Crippen molar-refractivity contribution in [1.82, 2.24) is 0 Å². The van der Waals surface area contributed by atoms with Crippen LogP contribution in [0.3, 0.4) is 0 Å². The van der Waals surface area contributed by atoms with Gasteiger partial charge in [-0.2, -0.15) is 0 Å². The van der Waals surface area contributed by atoms with Gasteiger partial charge in [-0.15, -0.1) is 5.92 Å². The maximum Gasteiger partial charge on any atom is 0.0950 e. The molecule has 0 aromatic heterocycles. The van der Waals surface area contributed by atoms with Crippen molar-refractivity contribution in [3.05, 3.63) is 0 Å². The molecule has 1 nitrogen and oxygen atoms in total. The zero-order valence-electron chi connectivity index (χ0n) is 12.6. The Morgan fingerprint density at radius 3 is 2.32 bits per heavy atom. The number of epoxide rings is 1. The fraction of sp³-hybridized carbons (Fsp3) is 0.778. The number of hydrogen-bond acceptors (Lipinski definition) is 1. The van der Waals surface area contributed by atoms with Crippen LogP contribution < -0.4 is 0 Å². The Bertz CT molecular complexity index is 336. The lowest BCUT2D eigenvalue weighted by molar-refractivity contribution is 0.359. The van der Waals surface area contributed by atoms with Crippen LogP contribution in [-0.4, -0.2) is 12.2 Å². The second kappa shape index (κ2) is 11.0. The first-order valence-electron chi connectivity index (χ1n) is 7.95. The molecule has 0 aliphatic carbocycles. The molecule has 1 heterocycles. The van der Waals surface area contributed by atoms with Crippen LogP contribution >= 0.6 is 0 Å². The molecule has 1 saturated heterocycles. The topological polar surface area (TPSA) is 12.5 Å². The van der Waals surface area contributed by atoms with Crippen molar-refractivity contribution in [2.45, 2.75) is 90.3 Å². The fourth-order valence-electron chi connectivity index (χ4n) is 2.21. The smallest absolute Gasteiger partial charge is 0.0950 e. The minimum atomic E-state index is 0.419. The highest BCUT2D eigenvalue weighted by Crippen LogP contribution is 2.29. The SMILES string of the molecule is CCC#CCC#CC[C@H]1O[C@@H]1CCCCCCCC. The van der Waals surface area contributed by atoms with Crippen molar-refractivity contribution in [2.24, 2.45) is 0 Å². The maximum absolute atomic E-state index is 5.63. The molecule has 1 aliphatic rings. The largest absolute Gasteiger partial charge is 0.369 e. The van der Waals surface area contributed by atoms with E-state index in [4.69, 9.17) is 4.74 Å². The molecule has 0 radical (unpaired) electrons. The predicted molar refractivity (Wildman–Crippen MR) is 81.7 cm³/mol. The number of rotatable bonds is 8. The monoisotopic (exact) mass is 260 g/mol. The summed E-state index contributed by atoms with van der Waals surface area (Å²) < 4.78 is 5.63. The number of hydrogen-bond donors (Lipinski definition) is 0. The van der Waals surface area contributed by atoms with Gasteiger partial charge >= 0.3 is 0 Å². The molecule has 0 amide bonds. The molecule has 0 aromatic rings. The van der Waals surface area contributed by atoms with Crippen LogP contribution in [0.2, 0.25) is 0 Å². The van der Waals surface area contributed by atoms with Crippen LogP contribution in [0.5, 0.6) is 0 Å². The van der Waals surface area contributed by atoms with E-state index in [2.05, 4.69) is 37.5 Å². The number of ether oxygens (including phenoxy) is 1. The van der Waals surface area contributed by atoms with Crippen LogP contribution in [0.1, 0.15) is 78.1 Å². The first-order chi connectivity index (χ1) is 9.38. The normalized spacial score (nSPS) is 20.1. The Morgan fingerprint density at radius 2 is 1.53 bits per heavy atom. The molecule has 0 unspecified atom stereocenters. The lowest BCUT2D eigenvalue weighted by Crippen LogP contribution is -1.93. The third-order valence-electron chi connectivity index (χ3n) is 3.44. The zero-order valence-corrected chi connectivity index (χ0v) is 12.6. The van der Waals surface area contributed by atoms with Gasteiger partial charge in [0.2, 0.25) is 0 Å². The zero-order chi connectivity index (χ0) is 13.8. The highest BCUT2D eigenvalue weighted by Gasteiger charge is 2.36. The van der Waals surface area contributed by atoms with E-state index in [0.717, 1.165) is 12.8 Å². The second-order valence-electron chi connectivity index (χ2n) is 5.21. The van der Waals surface area contributed by atoms with Crippen molar-refractivity contribution in [2.75, 3.05) is 0 Å². The Labute approximate surface area is 119 Å². The fourth-order valence-corrected chi connectivity index (χ4v) is 2.21. The van der Waals surface area contributed by atoms with Crippen molar-refractivity contribution >= 4 is 0 Å². The van der Waals surface area contributed by atoms with E-state index in [1.165, 1.54) is 44.9 Å². The summed E-state index contributed by atoms with van der Waals surface area (Å²) in [5.74, 6) is 12.3. The summed E-state index contributed by atoms with van der Waals surface area (Å²) in [6, 6.07) is 0. The van der Waals surface area contributed by atoms with Crippen molar-refractivity contribution in [3.63, 3.8) is 0 Å². The van der Waals surface area contributed by atoms with Gasteiger partial charge in [-0.1, -0.05) is 70.1 Å². The van der Waals surface area contributed by atoms with E-state index < -0.39 is 0 Å². The average molecular weight is 260 g/mol. The second-order valence-corrected chi connectivity index (χ2v) is 5.21. The molecule has 1 aliphatic heterocycles.